The van der Waals surface area contributed by atoms with E-state index in [1.165, 1.54) is 0 Å². The minimum atomic E-state index is 0. The van der Waals surface area contributed by atoms with Crippen LogP contribution >= 0.6 is 0 Å². The third-order valence-electron chi connectivity index (χ3n) is 2.57. The molecule has 0 aliphatic carbocycles. The highest BCUT2D eigenvalue weighted by Gasteiger charge is 2.04. The molecule has 0 aliphatic heterocycles. The number of unbranched alkanes of at least 4 members (excludes halogenated alkanes) is 3. The maximum absolute atomic E-state index is 11.2. The Morgan fingerprint density at radius 3 is 1.84 bits per heavy atom. The summed E-state index contributed by atoms with van der Waals surface area (Å²) >= 11 is 0. The summed E-state index contributed by atoms with van der Waals surface area (Å²) in [6.45, 7) is 11.2. The minimum absolute atomic E-state index is 0. The van der Waals surface area contributed by atoms with Crippen molar-refractivity contribution in [3.63, 3.8) is 0 Å². The smallest absolute Gasteiger partial charge is 0.222 e. The fourth-order valence-electron chi connectivity index (χ4n) is 1.37. The molecule has 0 saturated heterocycles. The Morgan fingerprint density at radius 1 is 0.947 bits per heavy atom. The van der Waals surface area contributed by atoms with Gasteiger partial charge < -0.3 is 10.6 Å². The van der Waals surface area contributed by atoms with Crippen LogP contribution in [-0.4, -0.2) is 24.9 Å². The van der Waals surface area contributed by atoms with Crippen LogP contribution in [0.2, 0.25) is 0 Å². The molecule has 118 valence electrons. The molecular weight excluding hydrogens is 240 g/mol. The van der Waals surface area contributed by atoms with Gasteiger partial charge in [-0.2, -0.15) is 0 Å². The lowest BCUT2D eigenvalue weighted by molar-refractivity contribution is -0.124. The molecule has 0 aliphatic rings. The van der Waals surface area contributed by atoms with Crippen molar-refractivity contribution in [3.8, 4) is 0 Å². The lowest BCUT2D eigenvalue weighted by atomic mass is 10.1. The molecule has 0 spiro atoms. The molecule has 0 saturated carbocycles. The van der Waals surface area contributed by atoms with Gasteiger partial charge in [0.15, 0.2) is 0 Å². The van der Waals surface area contributed by atoms with E-state index in [-0.39, 0.29) is 20.6 Å². The maximum atomic E-state index is 11.2. The Balaban J connectivity index is -0.000000344. The average molecular weight is 276 g/mol. The predicted octanol–water partition coefficient (Wildman–Crippen LogP) is 3.36. The Kier molecular flexibility index (Phi) is 16.0. The lowest BCUT2D eigenvalue weighted by Crippen LogP contribution is -2.28. The lowest BCUT2D eigenvalue weighted by Gasteiger charge is -2.07. The number of hydrogen-bond acceptors (Lipinski definition) is 2. The molecule has 0 fully saturated rings. The third-order valence-corrected chi connectivity index (χ3v) is 2.57. The van der Waals surface area contributed by atoms with Gasteiger partial charge in [-0.05, 0) is 12.8 Å². The molecule has 0 atom stereocenters. The van der Waals surface area contributed by atoms with Crippen LogP contribution in [0.1, 0.15) is 69.6 Å². The first-order chi connectivity index (χ1) is 9.07. The SMILES string of the molecule is CC.CCC(=O)NCCCCCCNC(=O)C(C)C.[HH].[HH]. The zero-order valence-corrected chi connectivity index (χ0v) is 13.3. The first-order valence-corrected chi connectivity index (χ1v) is 7.62. The zero-order chi connectivity index (χ0) is 15.1. The summed E-state index contributed by atoms with van der Waals surface area (Å²) in [6.07, 6.45) is 4.78. The molecule has 2 N–H and O–H groups in total. The molecular formula is C15H36N2O2. The van der Waals surface area contributed by atoms with Gasteiger partial charge in [0, 0.05) is 28.3 Å². The van der Waals surface area contributed by atoms with E-state index in [9.17, 15) is 9.59 Å². The zero-order valence-electron chi connectivity index (χ0n) is 13.3. The molecule has 19 heavy (non-hydrogen) atoms. The predicted molar refractivity (Wildman–Crippen MR) is 85.2 cm³/mol. The summed E-state index contributed by atoms with van der Waals surface area (Å²) in [5.41, 5.74) is 0. The van der Waals surface area contributed by atoms with Crippen molar-refractivity contribution in [2.24, 2.45) is 5.92 Å². The molecule has 2 amide bonds. The van der Waals surface area contributed by atoms with Crippen LogP contribution in [-0.2, 0) is 9.59 Å². The van der Waals surface area contributed by atoms with Crippen molar-refractivity contribution in [2.45, 2.75) is 66.7 Å². The molecule has 0 rings (SSSR count). The van der Waals surface area contributed by atoms with Gasteiger partial charge in [-0.25, -0.2) is 0 Å². The number of amides is 2. The first kappa shape index (κ1) is 20.3. The van der Waals surface area contributed by atoms with Crippen molar-refractivity contribution in [1.29, 1.82) is 0 Å². The van der Waals surface area contributed by atoms with Crippen molar-refractivity contribution < 1.29 is 12.4 Å². The van der Waals surface area contributed by atoms with Gasteiger partial charge in [-0.3, -0.25) is 9.59 Å². The Bertz CT molecular complexity index is 238. The summed E-state index contributed by atoms with van der Waals surface area (Å²) in [4.78, 5) is 22.2. The number of carbonyl (C=O) groups is 2. The summed E-state index contributed by atoms with van der Waals surface area (Å²) in [5, 5.41) is 5.74. The van der Waals surface area contributed by atoms with Crippen LogP contribution in [0.3, 0.4) is 0 Å². The van der Waals surface area contributed by atoms with Gasteiger partial charge in [0.1, 0.15) is 0 Å². The van der Waals surface area contributed by atoms with Gasteiger partial charge in [-0.1, -0.05) is 47.5 Å². The monoisotopic (exact) mass is 276 g/mol. The standard InChI is InChI=1S/C13H26N2O2.C2H6.2H2/c1-4-12(16)14-9-7-5-6-8-10-15-13(17)11(2)3;1-2;;/h11H,4-10H2,1-3H3,(H,14,16)(H,15,17);1-2H3;2*1H. The van der Waals surface area contributed by atoms with Gasteiger partial charge in [0.05, 0.1) is 0 Å². The third kappa shape index (κ3) is 14.9. The normalized spacial score (nSPS) is 9.58. The van der Waals surface area contributed by atoms with E-state index in [1.807, 2.05) is 34.6 Å². The summed E-state index contributed by atoms with van der Waals surface area (Å²) in [7, 11) is 0. The van der Waals surface area contributed by atoms with Crippen molar-refractivity contribution in [3.05, 3.63) is 0 Å². The van der Waals surface area contributed by atoms with E-state index in [0.29, 0.717) is 6.42 Å². The van der Waals surface area contributed by atoms with E-state index in [0.717, 1.165) is 38.8 Å². The van der Waals surface area contributed by atoms with Crippen LogP contribution in [0.4, 0.5) is 0 Å². The molecule has 4 heteroatoms. The Hall–Kier alpha value is -1.06. The fourth-order valence-corrected chi connectivity index (χ4v) is 1.37. The van der Waals surface area contributed by atoms with Gasteiger partial charge in [0.2, 0.25) is 11.8 Å². The summed E-state index contributed by atoms with van der Waals surface area (Å²) in [5.74, 6) is 0.314. The van der Waals surface area contributed by atoms with Crippen molar-refractivity contribution in [1.82, 2.24) is 10.6 Å². The summed E-state index contributed by atoms with van der Waals surface area (Å²) in [6, 6.07) is 0. The fraction of sp³-hybridized carbons (Fsp3) is 0.867. The number of carbonyl (C=O) groups excluding carboxylic acids is 2. The molecule has 0 bridgehead atoms. The first-order valence-electron chi connectivity index (χ1n) is 7.62. The van der Waals surface area contributed by atoms with E-state index in [4.69, 9.17) is 0 Å². The highest BCUT2D eigenvalue weighted by molar-refractivity contribution is 5.77. The molecule has 0 aromatic heterocycles. The quantitative estimate of drug-likeness (QED) is 0.634. The van der Waals surface area contributed by atoms with Crippen LogP contribution in [0, 0.1) is 5.92 Å². The van der Waals surface area contributed by atoms with Crippen molar-refractivity contribution in [2.75, 3.05) is 13.1 Å². The molecule has 0 unspecified atom stereocenters. The van der Waals surface area contributed by atoms with E-state index in [1.54, 1.807) is 0 Å². The second-order valence-electron chi connectivity index (χ2n) is 4.56. The second kappa shape index (κ2) is 15.0. The van der Waals surface area contributed by atoms with Crippen LogP contribution < -0.4 is 10.6 Å². The van der Waals surface area contributed by atoms with Gasteiger partial charge >= 0.3 is 0 Å². The molecule has 4 nitrogen and oxygen atoms in total. The van der Waals surface area contributed by atoms with Crippen molar-refractivity contribution >= 4 is 11.8 Å². The van der Waals surface area contributed by atoms with Crippen LogP contribution in [0.25, 0.3) is 0 Å². The number of hydrogen-bond donors (Lipinski definition) is 2. The second-order valence-corrected chi connectivity index (χ2v) is 4.56. The average Bonchev–Trinajstić information content (AvgIpc) is 2.43. The molecule has 0 heterocycles. The molecule has 0 radical (unpaired) electrons. The van der Waals surface area contributed by atoms with Gasteiger partial charge in [0.25, 0.3) is 0 Å². The number of nitrogens with one attached hydrogen (secondary N) is 2. The van der Waals surface area contributed by atoms with E-state index < -0.39 is 0 Å². The summed E-state index contributed by atoms with van der Waals surface area (Å²) < 4.78 is 0. The van der Waals surface area contributed by atoms with E-state index >= 15 is 0 Å². The van der Waals surface area contributed by atoms with Crippen LogP contribution in [0.15, 0.2) is 0 Å². The van der Waals surface area contributed by atoms with Crippen LogP contribution in [0.5, 0.6) is 0 Å². The topological polar surface area (TPSA) is 58.2 Å². The highest BCUT2D eigenvalue weighted by atomic mass is 16.2. The Morgan fingerprint density at radius 2 is 1.42 bits per heavy atom. The highest BCUT2D eigenvalue weighted by Crippen LogP contribution is 1.98. The molecule has 0 aromatic rings. The molecule has 0 aromatic carbocycles. The number of rotatable bonds is 9. The van der Waals surface area contributed by atoms with E-state index in [2.05, 4.69) is 10.6 Å². The maximum Gasteiger partial charge on any atom is 0.222 e. The van der Waals surface area contributed by atoms with Gasteiger partial charge in [-0.15, -0.1) is 0 Å². The minimum Gasteiger partial charge on any atom is -0.356 e. The Labute approximate surface area is 121 Å². The largest absolute Gasteiger partial charge is 0.356 e.